The second-order valence-electron chi connectivity index (χ2n) is 7.70. The molecule has 7 heteroatoms. The quantitative estimate of drug-likeness (QED) is 0.919. The topological polar surface area (TPSA) is 85.6 Å². The van der Waals surface area contributed by atoms with Crippen molar-refractivity contribution in [2.45, 2.75) is 45.6 Å². The van der Waals surface area contributed by atoms with Gasteiger partial charge in [0.15, 0.2) is 11.4 Å². The van der Waals surface area contributed by atoms with Crippen LogP contribution in [-0.4, -0.2) is 45.5 Å². The molecule has 2 aromatic heterocycles. The lowest BCUT2D eigenvalue weighted by molar-refractivity contribution is 0.0858. The molecule has 2 aromatic rings. The zero-order valence-corrected chi connectivity index (χ0v) is 14.5. The van der Waals surface area contributed by atoms with Crippen LogP contribution >= 0.6 is 0 Å². The normalized spacial score (nSPS) is 22.2. The van der Waals surface area contributed by atoms with Gasteiger partial charge < -0.3 is 10.1 Å². The average Bonchev–Trinajstić information content (AvgIpc) is 3.21. The lowest BCUT2D eigenvalue weighted by Gasteiger charge is -2.29. The number of hydrogen-bond acceptors (Lipinski definition) is 5. The van der Waals surface area contributed by atoms with E-state index < -0.39 is 0 Å². The molecule has 3 heterocycles. The second kappa shape index (κ2) is 5.91. The van der Waals surface area contributed by atoms with E-state index in [-0.39, 0.29) is 23.2 Å². The number of amides is 1. The molecule has 0 aromatic carbocycles. The third-order valence-corrected chi connectivity index (χ3v) is 4.97. The van der Waals surface area contributed by atoms with E-state index in [1.165, 1.54) is 6.20 Å². The molecule has 1 aliphatic heterocycles. The van der Waals surface area contributed by atoms with Gasteiger partial charge >= 0.3 is 0 Å². The minimum Gasteiger partial charge on any atom is -0.376 e. The summed E-state index contributed by atoms with van der Waals surface area (Å²) >= 11 is 0. The number of rotatable bonds is 3. The fraction of sp³-hybridized carbons (Fsp3) is 0.556. The van der Waals surface area contributed by atoms with Crippen LogP contribution in [0.5, 0.6) is 0 Å². The van der Waals surface area contributed by atoms with Gasteiger partial charge in [-0.25, -0.2) is 9.50 Å². The molecule has 132 valence electrons. The van der Waals surface area contributed by atoms with Crippen molar-refractivity contribution in [2.24, 2.45) is 5.41 Å². The zero-order chi connectivity index (χ0) is 17.6. The molecule has 7 nitrogen and oxygen atoms in total. The Hall–Kier alpha value is -2.28. The standard InChI is InChI=1S/C18H22N4O3/c1-18(2)6-14-12(15(23)7-18)9-19-16-13(10-21-22(14)16)17(24)20-8-11-4-3-5-25-11/h9-11H,3-8H2,1-2H3,(H,20,24)/t11-/m0/s1. The van der Waals surface area contributed by atoms with Crippen molar-refractivity contribution in [3.63, 3.8) is 0 Å². The van der Waals surface area contributed by atoms with Crippen LogP contribution in [0.2, 0.25) is 0 Å². The maximum atomic E-state index is 12.5. The van der Waals surface area contributed by atoms with Crippen LogP contribution in [-0.2, 0) is 11.2 Å². The molecule has 0 spiro atoms. The van der Waals surface area contributed by atoms with Gasteiger partial charge in [-0.05, 0) is 24.7 Å². The SMILES string of the molecule is CC1(C)CC(=O)c2cnc3c(C(=O)NC[C@@H]4CCCO4)cnn3c2C1. The van der Waals surface area contributed by atoms with E-state index in [4.69, 9.17) is 4.74 Å². The number of nitrogens with zero attached hydrogens (tertiary/aromatic N) is 3. The first kappa shape index (κ1) is 16.2. The van der Waals surface area contributed by atoms with Gasteiger partial charge in [-0.2, -0.15) is 5.10 Å². The first-order valence-electron chi connectivity index (χ1n) is 8.73. The van der Waals surface area contributed by atoms with Crippen LogP contribution in [0.15, 0.2) is 12.4 Å². The third kappa shape index (κ3) is 2.93. The fourth-order valence-corrected chi connectivity index (χ4v) is 3.69. The highest BCUT2D eigenvalue weighted by atomic mass is 16.5. The molecule has 4 rings (SSSR count). The molecule has 0 unspecified atom stereocenters. The van der Waals surface area contributed by atoms with Gasteiger partial charge in [-0.1, -0.05) is 13.8 Å². The van der Waals surface area contributed by atoms with E-state index in [9.17, 15) is 9.59 Å². The highest BCUT2D eigenvalue weighted by Gasteiger charge is 2.33. The highest BCUT2D eigenvalue weighted by Crippen LogP contribution is 2.34. The summed E-state index contributed by atoms with van der Waals surface area (Å²) in [5, 5.41) is 7.24. The number of ketones is 1. The molecule has 0 saturated carbocycles. The van der Waals surface area contributed by atoms with Crippen LogP contribution < -0.4 is 5.32 Å². The Morgan fingerprint density at radius 2 is 2.24 bits per heavy atom. The molecule has 1 atom stereocenters. The van der Waals surface area contributed by atoms with Crippen molar-refractivity contribution in [3.05, 3.63) is 29.2 Å². The Labute approximate surface area is 145 Å². The Kier molecular flexibility index (Phi) is 3.83. The Bertz CT molecular complexity index is 849. The Morgan fingerprint density at radius 3 is 3.00 bits per heavy atom. The summed E-state index contributed by atoms with van der Waals surface area (Å²) in [5.41, 5.74) is 2.25. The average molecular weight is 342 g/mol. The molecule has 1 amide bonds. The van der Waals surface area contributed by atoms with Gasteiger partial charge in [0.2, 0.25) is 0 Å². The van der Waals surface area contributed by atoms with Crippen molar-refractivity contribution in [1.82, 2.24) is 19.9 Å². The third-order valence-electron chi connectivity index (χ3n) is 4.97. The fourth-order valence-electron chi connectivity index (χ4n) is 3.69. The van der Waals surface area contributed by atoms with Gasteiger partial charge in [-0.3, -0.25) is 9.59 Å². The first-order valence-corrected chi connectivity index (χ1v) is 8.73. The number of nitrogens with one attached hydrogen (secondary N) is 1. The van der Waals surface area contributed by atoms with Crippen molar-refractivity contribution >= 4 is 17.3 Å². The molecular formula is C18H22N4O3. The lowest BCUT2D eigenvalue weighted by atomic mass is 9.76. The Balaban J connectivity index is 1.64. The minimum absolute atomic E-state index is 0.0838. The van der Waals surface area contributed by atoms with Crippen LogP contribution in [0.4, 0.5) is 0 Å². The molecule has 1 N–H and O–H groups in total. The highest BCUT2D eigenvalue weighted by molar-refractivity contribution is 6.01. The lowest BCUT2D eigenvalue weighted by Crippen LogP contribution is -2.32. The van der Waals surface area contributed by atoms with E-state index in [2.05, 4.69) is 29.2 Å². The molecular weight excluding hydrogens is 320 g/mol. The number of carbonyl (C=O) groups excluding carboxylic acids is 2. The van der Waals surface area contributed by atoms with Crippen LogP contribution in [0, 0.1) is 5.41 Å². The summed E-state index contributed by atoms with van der Waals surface area (Å²) in [6, 6.07) is 0. The predicted molar refractivity (Wildman–Crippen MR) is 90.7 cm³/mol. The first-order chi connectivity index (χ1) is 11.9. The number of fused-ring (bicyclic) bond motifs is 3. The van der Waals surface area contributed by atoms with Gasteiger partial charge in [0.25, 0.3) is 5.91 Å². The molecule has 1 saturated heterocycles. The predicted octanol–water partition coefficient (Wildman–Crippen LogP) is 1.79. The molecule has 25 heavy (non-hydrogen) atoms. The van der Waals surface area contributed by atoms with E-state index in [1.807, 2.05) is 0 Å². The number of Topliss-reactive ketones (excluding diaryl/α,β-unsaturated/α-hetero) is 1. The summed E-state index contributed by atoms with van der Waals surface area (Å²) in [7, 11) is 0. The maximum Gasteiger partial charge on any atom is 0.256 e. The van der Waals surface area contributed by atoms with Gasteiger partial charge in [0.1, 0.15) is 5.56 Å². The molecule has 0 radical (unpaired) electrons. The summed E-state index contributed by atoms with van der Waals surface area (Å²) in [6.07, 6.45) is 6.44. The molecule has 2 aliphatic rings. The molecule has 0 bridgehead atoms. The minimum atomic E-state index is -0.209. The van der Waals surface area contributed by atoms with Crippen molar-refractivity contribution < 1.29 is 14.3 Å². The van der Waals surface area contributed by atoms with Gasteiger partial charge in [0.05, 0.1) is 23.6 Å². The summed E-state index contributed by atoms with van der Waals surface area (Å²) in [4.78, 5) is 29.2. The monoisotopic (exact) mass is 342 g/mol. The summed E-state index contributed by atoms with van der Waals surface area (Å²) < 4.78 is 7.18. The number of carbonyl (C=O) groups is 2. The summed E-state index contributed by atoms with van der Waals surface area (Å²) in [6.45, 7) is 5.39. The maximum absolute atomic E-state index is 12.5. The van der Waals surface area contributed by atoms with E-state index in [0.29, 0.717) is 29.7 Å². The number of hydrogen-bond donors (Lipinski definition) is 1. The van der Waals surface area contributed by atoms with Crippen LogP contribution in [0.1, 0.15) is 59.5 Å². The van der Waals surface area contributed by atoms with Gasteiger partial charge in [-0.15, -0.1) is 0 Å². The van der Waals surface area contributed by atoms with Crippen LogP contribution in [0.3, 0.4) is 0 Å². The molecule has 1 fully saturated rings. The van der Waals surface area contributed by atoms with Crippen molar-refractivity contribution in [2.75, 3.05) is 13.2 Å². The number of ether oxygens (including phenoxy) is 1. The van der Waals surface area contributed by atoms with E-state index in [0.717, 1.165) is 31.6 Å². The number of aromatic nitrogens is 3. The summed E-state index contributed by atoms with van der Waals surface area (Å²) in [5.74, 6) is -0.125. The second-order valence-corrected chi connectivity index (χ2v) is 7.70. The van der Waals surface area contributed by atoms with Gasteiger partial charge in [0, 0.05) is 25.8 Å². The molecule has 1 aliphatic carbocycles. The Morgan fingerprint density at radius 1 is 1.40 bits per heavy atom. The van der Waals surface area contributed by atoms with E-state index in [1.54, 1.807) is 10.7 Å². The smallest absolute Gasteiger partial charge is 0.256 e. The van der Waals surface area contributed by atoms with Crippen molar-refractivity contribution in [1.29, 1.82) is 0 Å². The largest absolute Gasteiger partial charge is 0.376 e. The van der Waals surface area contributed by atoms with Crippen LogP contribution in [0.25, 0.3) is 5.65 Å². The zero-order valence-electron chi connectivity index (χ0n) is 14.5. The van der Waals surface area contributed by atoms with Crippen molar-refractivity contribution in [3.8, 4) is 0 Å². The van der Waals surface area contributed by atoms with E-state index >= 15 is 0 Å².